The van der Waals surface area contributed by atoms with Crippen molar-refractivity contribution in [3.63, 3.8) is 0 Å². The van der Waals surface area contributed by atoms with E-state index < -0.39 is 0 Å². The third-order valence-corrected chi connectivity index (χ3v) is 2.81. The van der Waals surface area contributed by atoms with Gasteiger partial charge in [-0.05, 0) is 18.2 Å². The van der Waals surface area contributed by atoms with Gasteiger partial charge >= 0.3 is 0 Å². The molecule has 19 heavy (non-hydrogen) atoms. The van der Waals surface area contributed by atoms with Crippen LogP contribution in [0.1, 0.15) is 24.2 Å². The lowest BCUT2D eigenvalue weighted by Crippen LogP contribution is -2.36. The maximum Gasteiger partial charge on any atom is 0.255 e. The van der Waals surface area contributed by atoms with E-state index in [-0.39, 0.29) is 17.9 Å². The Morgan fingerprint density at radius 3 is 2.53 bits per heavy atom. The van der Waals surface area contributed by atoms with E-state index in [9.17, 15) is 4.79 Å². The van der Waals surface area contributed by atoms with Crippen LogP contribution in [0.4, 0.5) is 0 Å². The highest BCUT2D eigenvalue weighted by molar-refractivity contribution is 5.97. The first-order valence-corrected chi connectivity index (χ1v) is 6.04. The van der Waals surface area contributed by atoms with Gasteiger partial charge in [-0.15, -0.1) is 0 Å². The Morgan fingerprint density at radius 1 is 1.32 bits per heavy atom. The Morgan fingerprint density at radius 2 is 2.00 bits per heavy atom. The average Bonchev–Trinajstić information content (AvgIpc) is 2.44. The zero-order chi connectivity index (χ0) is 14.5. The van der Waals surface area contributed by atoms with E-state index in [4.69, 9.17) is 14.6 Å². The number of carbonyl (C=O) groups is 1. The van der Waals surface area contributed by atoms with Crippen molar-refractivity contribution in [2.75, 3.05) is 27.4 Å². The Hall–Kier alpha value is -1.75. The molecule has 0 aliphatic carbocycles. The smallest absolute Gasteiger partial charge is 0.255 e. The number of aliphatic hydroxyl groups is 1. The third-order valence-electron chi connectivity index (χ3n) is 2.81. The second kappa shape index (κ2) is 6.43. The quantitative estimate of drug-likeness (QED) is 0.818. The molecule has 0 aliphatic heterocycles. The van der Waals surface area contributed by atoms with Crippen molar-refractivity contribution in [3.8, 4) is 11.5 Å². The van der Waals surface area contributed by atoms with Crippen molar-refractivity contribution < 1.29 is 19.4 Å². The van der Waals surface area contributed by atoms with Gasteiger partial charge in [-0.3, -0.25) is 4.79 Å². The SMILES string of the molecule is COc1ccc(OC)c(C(=O)NCC(C)(C)CO)c1. The van der Waals surface area contributed by atoms with Crippen LogP contribution in [0, 0.1) is 5.41 Å². The number of ether oxygens (including phenoxy) is 2. The van der Waals surface area contributed by atoms with Crippen molar-refractivity contribution in [1.29, 1.82) is 0 Å². The van der Waals surface area contributed by atoms with E-state index in [2.05, 4.69) is 5.32 Å². The lowest BCUT2D eigenvalue weighted by molar-refractivity contribution is 0.0907. The molecule has 0 atom stereocenters. The Balaban J connectivity index is 2.86. The van der Waals surface area contributed by atoms with Crippen LogP contribution in [-0.4, -0.2) is 38.4 Å². The highest BCUT2D eigenvalue weighted by Crippen LogP contribution is 2.24. The summed E-state index contributed by atoms with van der Waals surface area (Å²) >= 11 is 0. The molecule has 0 radical (unpaired) electrons. The number of hydrogen-bond donors (Lipinski definition) is 2. The van der Waals surface area contributed by atoms with Crippen LogP contribution in [-0.2, 0) is 0 Å². The summed E-state index contributed by atoms with van der Waals surface area (Å²) < 4.78 is 10.3. The molecule has 1 rings (SSSR count). The van der Waals surface area contributed by atoms with E-state index in [1.165, 1.54) is 7.11 Å². The molecule has 0 aliphatic rings. The van der Waals surface area contributed by atoms with Crippen LogP contribution in [0.2, 0.25) is 0 Å². The standard InChI is InChI=1S/C14H21NO4/c1-14(2,9-16)8-15-13(17)11-7-10(18-3)5-6-12(11)19-4/h5-7,16H,8-9H2,1-4H3,(H,15,17). The first kappa shape index (κ1) is 15.3. The fraction of sp³-hybridized carbons (Fsp3) is 0.500. The summed E-state index contributed by atoms with van der Waals surface area (Å²) in [6.07, 6.45) is 0. The predicted octanol–water partition coefficient (Wildman–Crippen LogP) is 1.45. The van der Waals surface area contributed by atoms with Crippen LogP contribution in [0.5, 0.6) is 11.5 Å². The first-order chi connectivity index (χ1) is 8.93. The van der Waals surface area contributed by atoms with Gasteiger partial charge in [0.1, 0.15) is 11.5 Å². The van der Waals surface area contributed by atoms with Gasteiger partial charge in [-0.1, -0.05) is 13.8 Å². The first-order valence-electron chi connectivity index (χ1n) is 6.04. The molecule has 2 N–H and O–H groups in total. The van der Waals surface area contributed by atoms with Gasteiger partial charge in [0.05, 0.1) is 19.8 Å². The minimum absolute atomic E-state index is 0.00251. The van der Waals surface area contributed by atoms with E-state index in [0.29, 0.717) is 23.6 Å². The molecular formula is C14H21NO4. The molecule has 0 aromatic heterocycles. The summed E-state index contributed by atoms with van der Waals surface area (Å²) in [5, 5.41) is 11.9. The molecule has 0 saturated carbocycles. The molecule has 0 fully saturated rings. The number of rotatable bonds is 6. The van der Waals surface area contributed by atoms with Gasteiger partial charge in [0.2, 0.25) is 0 Å². The van der Waals surface area contributed by atoms with E-state index in [1.54, 1.807) is 25.3 Å². The van der Waals surface area contributed by atoms with Gasteiger partial charge in [-0.2, -0.15) is 0 Å². The highest BCUT2D eigenvalue weighted by Gasteiger charge is 2.20. The molecule has 1 aromatic rings. The molecule has 1 amide bonds. The van der Waals surface area contributed by atoms with Gasteiger partial charge in [0.15, 0.2) is 0 Å². The van der Waals surface area contributed by atoms with Crippen molar-refractivity contribution in [3.05, 3.63) is 23.8 Å². The number of amides is 1. The molecule has 0 bridgehead atoms. The summed E-state index contributed by atoms with van der Waals surface area (Å²) in [7, 11) is 3.05. The molecule has 0 saturated heterocycles. The number of nitrogens with one attached hydrogen (secondary N) is 1. The summed E-state index contributed by atoms with van der Waals surface area (Å²) in [4.78, 5) is 12.1. The normalized spacial score (nSPS) is 11.0. The van der Waals surface area contributed by atoms with Gasteiger partial charge in [-0.25, -0.2) is 0 Å². The molecule has 5 heteroatoms. The van der Waals surface area contributed by atoms with Crippen LogP contribution < -0.4 is 14.8 Å². The fourth-order valence-corrected chi connectivity index (χ4v) is 1.46. The lowest BCUT2D eigenvalue weighted by atomic mass is 9.95. The largest absolute Gasteiger partial charge is 0.497 e. The molecule has 0 heterocycles. The summed E-state index contributed by atoms with van der Waals surface area (Å²) in [6, 6.07) is 5.04. The van der Waals surface area contributed by atoms with Crippen LogP contribution in [0.25, 0.3) is 0 Å². The van der Waals surface area contributed by atoms with Crippen LogP contribution in [0.15, 0.2) is 18.2 Å². The van der Waals surface area contributed by atoms with Gasteiger partial charge in [0.25, 0.3) is 5.91 Å². The number of methoxy groups -OCH3 is 2. The maximum atomic E-state index is 12.1. The van der Waals surface area contributed by atoms with E-state index in [1.807, 2.05) is 13.8 Å². The van der Waals surface area contributed by atoms with Crippen molar-refractivity contribution in [2.24, 2.45) is 5.41 Å². The number of hydrogen-bond acceptors (Lipinski definition) is 4. The van der Waals surface area contributed by atoms with Gasteiger partial charge in [0, 0.05) is 18.6 Å². The van der Waals surface area contributed by atoms with E-state index in [0.717, 1.165) is 0 Å². The number of aliphatic hydroxyl groups excluding tert-OH is 1. The second-order valence-electron chi connectivity index (χ2n) is 5.07. The number of benzene rings is 1. The maximum absolute atomic E-state index is 12.1. The Labute approximate surface area is 113 Å². The molecule has 1 aromatic carbocycles. The number of carbonyl (C=O) groups excluding carboxylic acids is 1. The van der Waals surface area contributed by atoms with Crippen molar-refractivity contribution in [1.82, 2.24) is 5.32 Å². The summed E-state index contributed by atoms with van der Waals surface area (Å²) in [6.45, 7) is 4.12. The molecule has 106 valence electrons. The van der Waals surface area contributed by atoms with Crippen molar-refractivity contribution in [2.45, 2.75) is 13.8 Å². The topological polar surface area (TPSA) is 67.8 Å². The molecule has 5 nitrogen and oxygen atoms in total. The molecule has 0 spiro atoms. The Kier molecular flexibility index (Phi) is 5.18. The molecular weight excluding hydrogens is 246 g/mol. The second-order valence-corrected chi connectivity index (χ2v) is 5.07. The van der Waals surface area contributed by atoms with E-state index >= 15 is 0 Å². The summed E-state index contributed by atoms with van der Waals surface area (Å²) in [5.74, 6) is 0.824. The third kappa shape index (κ3) is 4.13. The molecule has 0 unspecified atom stereocenters. The fourth-order valence-electron chi connectivity index (χ4n) is 1.46. The minimum Gasteiger partial charge on any atom is -0.497 e. The van der Waals surface area contributed by atoms with Crippen molar-refractivity contribution >= 4 is 5.91 Å². The minimum atomic E-state index is -0.359. The average molecular weight is 267 g/mol. The monoisotopic (exact) mass is 267 g/mol. The summed E-state index contributed by atoms with van der Waals surface area (Å²) in [5.41, 5.74) is 0.0532. The highest BCUT2D eigenvalue weighted by atomic mass is 16.5. The Bertz CT molecular complexity index is 443. The van der Waals surface area contributed by atoms with Gasteiger partial charge < -0.3 is 19.9 Å². The zero-order valence-corrected chi connectivity index (χ0v) is 11.8. The van der Waals surface area contributed by atoms with Crippen LogP contribution in [0.3, 0.4) is 0 Å². The van der Waals surface area contributed by atoms with Crippen LogP contribution >= 0.6 is 0 Å². The predicted molar refractivity (Wildman–Crippen MR) is 72.7 cm³/mol. The zero-order valence-electron chi connectivity index (χ0n) is 11.8. The lowest BCUT2D eigenvalue weighted by Gasteiger charge is -2.22.